The van der Waals surface area contributed by atoms with Gasteiger partial charge in [0.05, 0.1) is 42.8 Å². The van der Waals surface area contributed by atoms with Crippen molar-refractivity contribution in [1.82, 2.24) is 31.9 Å². The molecule has 3 aromatic carbocycles. The van der Waals surface area contributed by atoms with Crippen LogP contribution in [0.3, 0.4) is 0 Å². The molecule has 2 aliphatic heterocycles. The number of rotatable bonds is 22. The predicted molar refractivity (Wildman–Crippen MR) is 338 cm³/mol. The van der Waals surface area contributed by atoms with Gasteiger partial charge in [-0.3, -0.25) is 67.1 Å². The topological polar surface area (TPSA) is 445 Å². The van der Waals surface area contributed by atoms with Crippen LogP contribution in [0.5, 0.6) is 0 Å². The van der Waals surface area contributed by atoms with Crippen molar-refractivity contribution in [2.24, 2.45) is 34.2 Å². The third-order valence-electron chi connectivity index (χ3n) is 14.5. The minimum Gasteiger partial charge on any atom is -0.481 e. The number of nitrogens with two attached hydrogens (primary N) is 2. The molecule has 1 unspecified atom stereocenters. The maximum atomic E-state index is 14.6. The van der Waals surface area contributed by atoms with Gasteiger partial charge in [-0.25, -0.2) is 0 Å². The number of nitrogens with zero attached hydrogens (tertiary/aromatic N) is 1. The van der Waals surface area contributed by atoms with E-state index in [1.165, 1.54) is 37.3 Å². The van der Waals surface area contributed by atoms with Crippen molar-refractivity contribution >= 4 is 142 Å². The van der Waals surface area contributed by atoms with Gasteiger partial charge in [-0.2, -0.15) is 8.42 Å². The first-order chi connectivity index (χ1) is 42.8. The molecular weight excluding hydrogens is 1250 g/mol. The monoisotopic (exact) mass is 1320 g/mol. The maximum absolute atomic E-state index is 14.6. The van der Waals surface area contributed by atoms with Gasteiger partial charge in [-0.05, 0) is 74.6 Å². The Morgan fingerprint density at radius 2 is 1.36 bits per heavy atom. The molecule has 7 amide bonds. The molecule has 2 aliphatic rings. The van der Waals surface area contributed by atoms with Gasteiger partial charge in [0.15, 0.2) is 29.1 Å². The summed E-state index contributed by atoms with van der Waals surface area (Å²) in [4.78, 5) is 181. The van der Waals surface area contributed by atoms with Crippen molar-refractivity contribution in [3.05, 3.63) is 72.3 Å². The average molecular weight is 1330 g/mol. The number of nitrogens with one attached hydrogen (secondary N) is 7. The van der Waals surface area contributed by atoms with E-state index in [2.05, 4.69) is 42.2 Å². The molecular formula is C59H76N10O17S4. The van der Waals surface area contributed by atoms with Crippen LogP contribution in [-0.2, 0) is 78.9 Å². The number of guanidine groups is 1. The van der Waals surface area contributed by atoms with Crippen LogP contribution >= 0.6 is 33.3 Å². The van der Waals surface area contributed by atoms with E-state index in [1.54, 1.807) is 36.4 Å². The minimum atomic E-state index is -4.52. The van der Waals surface area contributed by atoms with E-state index >= 15 is 0 Å². The molecule has 5 rings (SSSR count). The Morgan fingerprint density at radius 3 is 2.02 bits per heavy atom. The Labute approximate surface area is 532 Å². The van der Waals surface area contributed by atoms with Crippen molar-refractivity contribution in [1.29, 1.82) is 0 Å². The third-order valence-corrected chi connectivity index (χ3v) is 18.8. The smallest absolute Gasteiger partial charge is 0.304 e. The molecule has 2 fully saturated rings. The molecule has 2 saturated heterocycles. The number of hydrogen-bond donors (Lipinski definition) is 11. The zero-order valence-corrected chi connectivity index (χ0v) is 52.8. The predicted octanol–water partition coefficient (Wildman–Crippen LogP) is 1.72. The zero-order chi connectivity index (χ0) is 65.9. The molecule has 488 valence electrons. The molecule has 13 N–H and O–H groups in total. The molecule has 0 aromatic heterocycles. The second-order valence-electron chi connectivity index (χ2n) is 21.7. The first-order valence-corrected chi connectivity index (χ1v) is 34.1. The Balaban J connectivity index is 1.42. The largest absolute Gasteiger partial charge is 0.481 e. The zero-order valence-electron chi connectivity index (χ0n) is 49.5. The number of thioether (sulfide) groups is 1. The van der Waals surface area contributed by atoms with Crippen LogP contribution in [0, 0.1) is 17.8 Å². The lowest BCUT2D eigenvalue weighted by atomic mass is 9.90. The minimum absolute atomic E-state index is 0.00146. The molecule has 0 aliphatic carbocycles. The Bertz CT molecular complexity index is 3280. The maximum Gasteiger partial charge on any atom is 0.304 e. The van der Waals surface area contributed by atoms with E-state index in [4.69, 9.17) is 11.5 Å². The number of carbonyl (C=O) groups is 13. The number of carboxylic acids is 1. The number of aliphatic imine (C=N–C) groups is 1. The number of carbonyl (C=O) groups excluding carboxylic acids is 12. The number of aliphatic carboxylic acids is 1. The molecule has 7 atom stereocenters. The lowest BCUT2D eigenvalue weighted by Crippen LogP contribution is -2.53. The number of unbranched alkanes of at least 4 members (excludes halogenated alkanes) is 1. The number of Topliss-reactive ketones (excluding diaryl/α,β-unsaturated/α-hetero) is 5. The fraction of sp³-hybridized carbons (Fsp3) is 0.492. The van der Waals surface area contributed by atoms with Crippen LogP contribution in [0.15, 0.2) is 76.6 Å². The highest BCUT2D eigenvalue weighted by atomic mass is 33.1. The lowest BCUT2D eigenvalue weighted by Gasteiger charge is -2.26. The summed E-state index contributed by atoms with van der Waals surface area (Å²) in [5, 5.41) is 29.1. The second kappa shape index (κ2) is 36.8. The highest BCUT2D eigenvalue weighted by molar-refractivity contribution is 8.76. The highest BCUT2D eigenvalue weighted by Gasteiger charge is 2.36. The van der Waals surface area contributed by atoms with Gasteiger partial charge in [0.2, 0.25) is 41.4 Å². The van der Waals surface area contributed by atoms with E-state index in [1.807, 2.05) is 0 Å². The molecule has 27 nitrogen and oxygen atoms in total. The van der Waals surface area contributed by atoms with E-state index in [0.717, 1.165) is 33.3 Å². The van der Waals surface area contributed by atoms with Gasteiger partial charge in [-0.15, -0.1) is 11.8 Å². The summed E-state index contributed by atoms with van der Waals surface area (Å²) in [6.45, 7) is 0.710. The van der Waals surface area contributed by atoms with Crippen molar-refractivity contribution in [2.45, 2.75) is 126 Å². The summed E-state index contributed by atoms with van der Waals surface area (Å²) in [5.74, 6) is -14.7. The summed E-state index contributed by atoms with van der Waals surface area (Å²) in [5.41, 5.74) is 12.0. The molecule has 3 aromatic rings. The van der Waals surface area contributed by atoms with E-state index in [9.17, 15) is 80.4 Å². The van der Waals surface area contributed by atoms with Gasteiger partial charge in [0.25, 0.3) is 10.1 Å². The van der Waals surface area contributed by atoms with Crippen molar-refractivity contribution in [2.75, 3.05) is 48.0 Å². The van der Waals surface area contributed by atoms with E-state index in [-0.39, 0.29) is 122 Å². The summed E-state index contributed by atoms with van der Waals surface area (Å²) >= 11 is 0.915. The number of ketones is 5. The Hall–Kier alpha value is -7.74. The fourth-order valence-electron chi connectivity index (χ4n) is 9.72. The second-order valence-corrected chi connectivity index (χ2v) is 26.7. The van der Waals surface area contributed by atoms with Crippen LogP contribution in [0.4, 0.5) is 5.69 Å². The molecule has 2 heterocycles. The van der Waals surface area contributed by atoms with E-state index in [0.29, 0.717) is 16.6 Å². The number of carboxylic acid groups (broad SMARTS) is 1. The quantitative estimate of drug-likeness (QED) is 0.0224. The van der Waals surface area contributed by atoms with Crippen LogP contribution in [-0.4, -0.2) is 167 Å². The van der Waals surface area contributed by atoms with Gasteiger partial charge in [0, 0.05) is 98.2 Å². The summed E-state index contributed by atoms with van der Waals surface area (Å²) in [7, 11) is -2.56. The molecule has 0 saturated carbocycles. The first-order valence-electron chi connectivity index (χ1n) is 29.0. The van der Waals surface area contributed by atoms with Gasteiger partial charge in [0.1, 0.15) is 16.7 Å². The Kier molecular flexibility index (Phi) is 29.9. The van der Waals surface area contributed by atoms with Gasteiger partial charge >= 0.3 is 5.97 Å². The van der Waals surface area contributed by atoms with Gasteiger partial charge in [-0.1, -0.05) is 70.1 Å². The SMILES string of the molecule is CC(=O)CCC(=O)[C@@H]1CSCC(=O)N[C@@H](CCCCNC(=O)CCC(=O)Nc2ccc3c(S(=O)(=O)O)cccc3c2)C(=O)N[C@H]2CSSC[C@H](NC(=O)[C@H](CC(=O)O)CC(=O)CNC(=O)[C@H](CCCN=C(N)N)CC2=O)C(=O)CC(Cc2ccccc2)C(=O)N1. The van der Waals surface area contributed by atoms with Crippen LogP contribution in [0.25, 0.3) is 10.8 Å². The summed E-state index contributed by atoms with van der Waals surface area (Å²) in [6.07, 6.45) is -2.98. The molecule has 31 heteroatoms. The molecule has 0 spiro atoms. The first kappa shape index (κ1) is 73.0. The highest BCUT2D eigenvalue weighted by Crippen LogP contribution is 2.29. The molecule has 90 heavy (non-hydrogen) atoms. The van der Waals surface area contributed by atoms with Crippen LogP contribution in [0.2, 0.25) is 0 Å². The van der Waals surface area contributed by atoms with Gasteiger partial charge < -0.3 is 58.6 Å². The van der Waals surface area contributed by atoms with Crippen LogP contribution in [0.1, 0.15) is 96.0 Å². The fourth-order valence-corrected chi connectivity index (χ4v) is 13.7. The summed E-state index contributed by atoms with van der Waals surface area (Å²) < 4.78 is 33.3. The summed E-state index contributed by atoms with van der Waals surface area (Å²) in [6, 6.07) is 11.8. The number of fused-ring (bicyclic) bond motifs is 6. The number of anilines is 1. The molecule has 2 bridgehead atoms. The van der Waals surface area contributed by atoms with Crippen molar-refractivity contribution < 1.29 is 80.4 Å². The standard InChI is InChI=1S/C59H76N10O17S4/c1-34(70)15-18-47(72)44-30-87-33-53(77)66-43(13-5-6-21-62-51(75)19-20-52(76)65-40-16-17-42-36(24-40)11-7-14-50(42)90(84,85)86)58(83)69-46-32-89-88-31-45(49(74)27-38(56(81)67-44)23-35-9-3-2-4-10-35)68-57(82)39(28-54(78)79)25-41(71)29-64-55(80)37(26-48(46)73)12-8-22-63-59(60)61/h2-4,7,9-11,14,16-17,24,37-39,43-46H,5-6,8,12-13,15,18-23,25-33H2,1H3,(H,62,75)(H,64,80)(H,65,76)(H,66,77)(H,67,81)(H,68,82)(H,69,83)(H,78,79)(H4,60,61,63)(H,84,85,86)/t37-,38?,39+,43+,44+,45+,46+/m1/s1. The molecule has 0 radical (unpaired) electrons. The normalized spacial score (nSPS) is 21.6. The van der Waals surface area contributed by atoms with Crippen molar-refractivity contribution in [3.63, 3.8) is 0 Å². The van der Waals surface area contributed by atoms with Crippen LogP contribution < -0.4 is 48.7 Å². The average Bonchev–Trinajstić information content (AvgIpc) is 0.902. The lowest BCUT2D eigenvalue weighted by molar-refractivity contribution is -0.142. The van der Waals surface area contributed by atoms with Crippen molar-refractivity contribution in [3.8, 4) is 0 Å². The number of amides is 7. The third kappa shape index (κ3) is 25.6. The number of benzene rings is 3. The number of hydrogen-bond acceptors (Lipinski definition) is 19. The van der Waals surface area contributed by atoms with E-state index < -0.39 is 155 Å². The Morgan fingerprint density at radius 1 is 0.689 bits per heavy atom.